The van der Waals surface area contributed by atoms with Gasteiger partial charge in [-0.25, -0.2) is 0 Å². The van der Waals surface area contributed by atoms with E-state index in [9.17, 15) is 10.1 Å². The highest BCUT2D eigenvalue weighted by atomic mass is 35.5. The van der Waals surface area contributed by atoms with E-state index in [2.05, 4.69) is 10.2 Å². The normalized spacial score (nSPS) is 14.5. The van der Waals surface area contributed by atoms with E-state index in [1.54, 1.807) is 18.2 Å². The number of hydrogen-bond donors (Lipinski definition) is 1. The number of carbonyl (C=O) groups is 1. The van der Waals surface area contributed by atoms with Crippen molar-refractivity contribution in [2.75, 3.05) is 36.5 Å². The lowest BCUT2D eigenvalue weighted by atomic mass is 10.0. The third-order valence-electron chi connectivity index (χ3n) is 4.65. The number of aryl methyl sites for hydroxylation is 2. The fourth-order valence-electron chi connectivity index (χ4n) is 3.17. The van der Waals surface area contributed by atoms with Crippen LogP contribution < -0.4 is 10.2 Å². The molecule has 1 N–H and O–H groups in total. The van der Waals surface area contributed by atoms with Crippen LogP contribution in [0, 0.1) is 25.2 Å². The average molecular weight is 396 g/mol. The monoisotopic (exact) mass is 395 g/mol. The molecule has 1 heterocycles. The molecule has 5 nitrogen and oxygen atoms in total. The molecule has 2 aromatic carbocycles. The molecule has 3 rings (SSSR count). The Labute approximate surface area is 170 Å². The number of anilines is 2. The van der Waals surface area contributed by atoms with Gasteiger partial charge in [-0.15, -0.1) is 0 Å². The van der Waals surface area contributed by atoms with Crippen molar-refractivity contribution in [3.63, 3.8) is 0 Å². The fraction of sp³-hybridized carbons (Fsp3) is 0.273. The predicted octanol–water partition coefficient (Wildman–Crippen LogP) is 4.34. The Kier molecular flexibility index (Phi) is 6.35. The molecule has 1 amide bonds. The first-order valence-electron chi connectivity index (χ1n) is 9.10. The minimum atomic E-state index is -0.459. The summed E-state index contributed by atoms with van der Waals surface area (Å²) in [6.07, 6.45) is 1.61. The topological polar surface area (TPSA) is 65.4 Å². The van der Waals surface area contributed by atoms with E-state index in [-0.39, 0.29) is 5.57 Å². The van der Waals surface area contributed by atoms with Gasteiger partial charge in [0.25, 0.3) is 5.91 Å². The van der Waals surface area contributed by atoms with Crippen LogP contribution in [0.15, 0.2) is 42.0 Å². The van der Waals surface area contributed by atoms with Gasteiger partial charge in [0.05, 0.1) is 24.6 Å². The Hall–Kier alpha value is -2.81. The lowest BCUT2D eigenvalue weighted by molar-refractivity contribution is -0.112. The number of amides is 1. The molecule has 0 unspecified atom stereocenters. The number of nitrogens with zero attached hydrogens (tertiary/aromatic N) is 2. The molecule has 28 heavy (non-hydrogen) atoms. The Bertz CT molecular complexity index is 957. The highest BCUT2D eigenvalue weighted by Crippen LogP contribution is 2.30. The zero-order valence-corrected chi connectivity index (χ0v) is 16.7. The molecule has 2 aromatic rings. The molecule has 1 aliphatic rings. The van der Waals surface area contributed by atoms with Gasteiger partial charge in [-0.05, 0) is 49.2 Å². The van der Waals surface area contributed by atoms with Gasteiger partial charge in [-0.3, -0.25) is 4.79 Å². The van der Waals surface area contributed by atoms with Gasteiger partial charge in [0, 0.05) is 18.1 Å². The number of benzene rings is 2. The van der Waals surface area contributed by atoms with E-state index >= 15 is 0 Å². The van der Waals surface area contributed by atoms with Crippen molar-refractivity contribution in [3.8, 4) is 6.07 Å². The Morgan fingerprint density at radius 1 is 1.21 bits per heavy atom. The molecule has 144 valence electrons. The highest BCUT2D eigenvalue weighted by molar-refractivity contribution is 6.31. The van der Waals surface area contributed by atoms with Gasteiger partial charge in [0.15, 0.2) is 0 Å². The van der Waals surface area contributed by atoms with Crippen molar-refractivity contribution >= 4 is 35.0 Å². The van der Waals surface area contributed by atoms with Crippen LogP contribution in [0.1, 0.15) is 16.7 Å². The maximum Gasteiger partial charge on any atom is 0.266 e. The molecule has 0 aliphatic carbocycles. The third kappa shape index (κ3) is 4.72. The minimum Gasteiger partial charge on any atom is -0.378 e. The second kappa shape index (κ2) is 8.92. The number of nitrogens with one attached hydrogen (secondary N) is 1. The van der Waals surface area contributed by atoms with Gasteiger partial charge in [-0.1, -0.05) is 35.4 Å². The summed E-state index contributed by atoms with van der Waals surface area (Å²) in [7, 11) is 0. The highest BCUT2D eigenvalue weighted by Gasteiger charge is 2.18. The minimum absolute atomic E-state index is 0.0415. The zero-order valence-electron chi connectivity index (χ0n) is 16.0. The Balaban J connectivity index is 1.87. The van der Waals surface area contributed by atoms with Crippen molar-refractivity contribution in [1.29, 1.82) is 5.26 Å². The van der Waals surface area contributed by atoms with Crippen LogP contribution in [-0.4, -0.2) is 32.2 Å². The number of hydrogen-bond acceptors (Lipinski definition) is 4. The second-order valence-electron chi connectivity index (χ2n) is 6.74. The van der Waals surface area contributed by atoms with Crippen molar-refractivity contribution < 1.29 is 9.53 Å². The van der Waals surface area contributed by atoms with Crippen molar-refractivity contribution in [3.05, 3.63) is 63.7 Å². The SMILES string of the molecule is Cc1ccc(/C=C(\C#N)C(=O)Nc2cc(Cl)ccc2N2CCOCC2)c(C)c1. The van der Waals surface area contributed by atoms with Crippen LogP contribution in [0.25, 0.3) is 6.08 Å². The third-order valence-corrected chi connectivity index (χ3v) is 4.88. The first-order valence-corrected chi connectivity index (χ1v) is 9.48. The molecule has 1 saturated heterocycles. The first-order chi connectivity index (χ1) is 13.5. The molecule has 1 fully saturated rings. The number of morpholine rings is 1. The van der Waals surface area contributed by atoms with Crippen molar-refractivity contribution in [2.24, 2.45) is 0 Å². The molecular weight excluding hydrogens is 374 g/mol. The molecule has 0 spiro atoms. The fourth-order valence-corrected chi connectivity index (χ4v) is 3.34. The van der Waals surface area contributed by atoms with Crippen LogP contribution in [-0.2, 0) is 9.53 Å². The van der Waals surface area contributed by atoms with Gasteiger partial charge >= 0.3 is 0 Å². The van der Waals surface area contributed by atoms with Gasteiger partial charge < -0.3 is 15.0 Å². The first kappa shape index (κ1) is 19.9. The van der Waals surface area contributed by atoms with E-state index < -0.39 is 5.91 Å². The molecule has 0 radical (unpaired) electrons. The summed E-state index contributed by atoms with van der Waals surface area (Å²) in [6.45, 7) is 6.68. The number of carbonyl (C=O) groups excluding carboxylic acids is 1. The molecule has 0 atom stereocenters. The summed E-state index contributed by atoms with van der Waals surface area (Å²) < 4.78 is 5.40. The van der Waals surface area contributed by atoms with Crippen LogP contribution in [0.3, 0.4) is 0 Å². The molecular formula is C22H22ClN3O2. The Morgan fingerprint density at radius 2 is 1.96 bits per heavy atom. The van der Waals surface area contributed by atoms with E-state index in [1.807, 2.05) is 44.2 Å². The largest absolute Gasteiger partial charge is 0.378 e. The Morgan fingerprint density at radius 3 is 2.64 bits per heavy atom. The van der Waals surface area contributed by atoms with E-state index in [0.29, 0.717) is 23.9 Å². The van der Waals surface area contributed by atoms with Crippen LogP contribution in [0.2, 0.25) is 5.02 Å². The van der Waals surface area contributed by atoms with E-state index in [0.717, 1.165) is 35.5 Å². The standard InChI is InChI=1S/C22H22ClN3O2/c1-15-3-4-17(16(2)11-15)12-18(14-24)22(27)25-20-13-19(23)5-6-21(20)26-7-9-28-10-8-26/h3-6,11-13H,7-10H2,1-2H3,(H,25,27)/b18-12+. The van der Waals surface area contributed by atoms with Crippen LogP contribution in [0.5, 0.6) is 0 Å². The summed E-state index contributed by atoms with van der Waals surface area (Å²) in [4.78, 5) is 14.9. The van der Waals surface area contributed by atoms with E-state index in [1.165, 1.54) is 0 Å². The molecule has 0 aromatic heterocycles. The average Bonchev–Trinajstić information content (AvgIpc) is 2.68. The van der Waals surface area contributed by atoms with Crippen molar-refractivity contribution in [2.45, 2.75) is 13.8 Å². The summed E-state index contributed by atoms with van der Waals surface area (Å²) in [6, 6.07) is 13.3. The lowest BCUT2D eigenvalue weighted by Gasteiger charge is -2.30. The lowest BCUT2D eigenvalue weighted by Crippen LogP contribution is -2.36. The number of rotatable bonds is 4. The molecule has 6 heteroatoms. The maximum atomic E-state index is 12.8. The number of nitriles is 1. The quantitative estimate of drug-likeness (QED) is 0.617. The van der Waals surface area contributed by atoms with Crippen molar-refractivity contribution in [1.82, 2.24) is 0 Å². The second-order valence-corrected chi connectivity index (χ2v) is 7.18. The summed E-state index contributed by atoms with van der Waals surface area (Å²) in [5.74, 6) is -0.459. The van der Waals surface area contributed by atoms with Crippen LogP contribution >= 0.6 is 11.6 Å². The molecule has 0 saturated carbocycles. The molecule has 0 bridgehead atoms. The van der Waals surface area contributed by atoms with Gasteiger partial charge in [0.2, 0.25) is 0 Å². The summed E-state index contributed by atoms with van der Waals surface area (Å²) in [5.41, 5.74) is 4.48. The number of halogens is 1. The summed E-state index contributed by atoms with van der Waals surface area (Å²) in [5, 5.41) is 12.9. The molecule has 1 aliphatic heterocycles. The van der Waals surface area contributed by atoms with Crippen LogP contribution in [0.4, 0.5) is 11.4 Å². The summed E-state index contributed by atoms with van der Waals surface area (Å²) >= 11 is 6.14. The van der Waals surface area contributed by atoms with E-state index in [4.69, 9.17) is 16.3 Å². The maximum absolute atomic E-state index is 12.8. The van der Waals surface area contributed by atoms with Gasteiger partial charge in [-0.2, -0.15) is 5.26 Å². The zero-order chi connectivity index (χ0) is 20.1. The predicted molar refractivity (Wildman–Crippen MR) is 113 cm³/mol. The van der Waals surface area contributed by atoms with Gasteiger partial charge in [0.1, 0.15) is 11.6 Å². The smallest absolute Gasteiger partial charge is 0.266 e. The number of ether oxygens (including phenoxy) is 1.